The Balaban J connectivity index is 1.03. The second-order valence-electron chi connectivity index (χ2n) is 14.5. The largest absolute Gasteiger partial charge is 0.455 e. The van der Waals surface area contributed by atoms with Gasteiger partial charge in [-0.3, -0.25) is 0 Å². The number of furan rings is 1. The predicted octanol–water partition coefficient (Wildman–Crippen LogP) is 15.5. The third kappa shape index (κ3) is 5.34. The van der Waals surface area contributed by atoms with Gasteiger partial charge >= 0.3 is 0 Å². The van der Waals surface area contributed by atoms with Gasteiger partial charge in [-0.05, 0) is 103 Å². The standard InChI is InChI=1S/C54H35NO/c1-2-12-36(13-3-1)38-26-30-43(31-27-38)55(51-35-42-15-5-7-17-46(42)54-53(51)49-20-10-11-21-52(49)56-54)44-32-28-39(29-33-44)37-22-24-40(25-23-37)50-34-41-14-4-6-16-45(41)47-18-8-9-19-48(47)50/h1-35H. The van der Waals surface area contributed by atoms with Crippen molar-refractivity contribution in [1.82, 2.24) is 0 Å². The molecule has 0 fully saturated rings. The van der Waals surface area contributed by atoms with E-state index in [2.05, 4.69) is 211 Å². The van der Waals surface area contributed by atoms with Crippen LogP contribution in [0.5, 0.6) is 0 Å². The van der Waals surface area contributed by atoms with Gasteiger partial charge < -0.3 is 9.32 Å². The third-order valence-corrected chi connectivity index (χ3v) is 11.2. The maximum atomic E-state index is 6.64. The molecule has 0 atom stereocenters. The lowest BCUT2D eigenvalue weighted by Crippen LogP contribution is -2.10. The summed E-state index contributed by atoms with van der Waals surface area (Å²) in [7, 11) is 0. The summed E-state index contributed by atoms with van der Waals surface area (Å²) in [5.74, 6) is 0. The van der Waals surface area contributed by atoms with Crippen LogP contribution in [-0.2, 0) is 0 Å². The van der Waals surface area contributed by atoms with E-state index < -0.39 is 0 Å². The molecule has 0 amide bonds. The molecule has 2 nitrogen and oxygen atoms in total. The molecule has 0 saturated carbocycles. The van der Waals surface area contributed by atoms with Gasteiger partial charge in [0.2, 0.25) is 0 Å². The topological polar surface area (TPSA) is 16.4 Å². The van der Waals surface area contributed by atoms with Crippen molar-refractivity contribution >= 4 is 71.3 Å². The maximum absolute atomic E-state index is 6.64. The molecule has 10 aromatic carbocycles. The van der Waals surface area contributed by atoms with Crippen molar-refractivity contribution in [2.24, 2.45) is 0 Å². The van der Waals surface area contributed by atoms with Crippen molar-refractivity contribution < 1.29 is 4.42 Å². The van der Waals surface area contributed by atoms with Crippen LogP contribution in [0.4, 0.5) is 17.1 Å². The molecule has 0 saturated heterocycles. The van der Waals surface area contributed by atoms with Gasteiger partial charge in [0, 0.05) is 22.1 Å². The third-order valence-electron chi connectivity index (χ3n) is 11.2. The molecule has 262 valence electrons. The van der Waals surface area contributed by atoms with Crippen molar-refractivity contribution in [3.05, 3.63) is 212 Å². The second kappa shape index (κ2) is 13.2. The molecule has 2 heteroatoms. The van der Waals surface area contributed by atoms with E-state index in [0.717, 1.165) is 49.8 Å². The molecule has 1 heterocycles. The molecule has 11 rings (SSSR count). The average molecular weight is 714 g/mol. The Kier molecular flexibility index (Phi) is 7.53. The molecular weight excluding hydrogens is 679 g/mol. The van der Waals surface area contributed by atoms with Crippen LogP contribution in [0.3, 0.4) is 0 Å². The van der Waals surface area contributed by atoms with Gasteiger partial charge in [0.15, 0.2) is 0 Å². The minimum absolute atomic E-state index is 0.884. The molecule has 0 aliphatic carbocycles. The van der Waals surface area contributed by atoms with E-state index in [1.165, 1.54) is 54.9 Å². The number of fused-ring (bicyclic) bond motifs is 8. The molecule has 1 aromatic heterocycles. The van der Waals surface area contributed by atoms with Crippen LogP contribution in [0.25, 0.3) is 87.6 Å². The molecule has 11 aromatic rings. The molecule has 0 aliphatic heterocycles. The van der Waals surface area contributed by atoms with E-state index in [-0.39, 0.29) is 0 Å². The Labute approximate surface area is 325 Å². The fraction of sp³-hybridized carbons (Fsp3) is 0. The minimum Gasteiger partial charge on any atom is -0.455 e. The molecule has 0 spiro atoms. The maximum Gasteiger partial charge on any atom is 0.145 e. The molecule has 0 N–H and O–H groups in total. The van der Waals surface area contributed by atoms with Crippen LogP contribution in [0.15, 0.2) is 217 Å². The van der Waals surface area contributed by atoms with Gasteiger partial charge in [-0.15, -0.1) is 0 Å². The molecule has 0 radical (unpaired) electrons. The number of benzene rings is 10. The first kappa shape index (κ1) is 32.0. The van der Waals surface area contributed by atoms with Gasteiger partial charge in [-0.1, -0.05) is 170 Å². The summed E-state index contributed by atoms with van der Waals surface area (Å²) in [4.78, 5) is 2.38. The first-order valence-electron chi connectivity index (χ1n) is 19.2. The average Bonchev–Trinajstić information content (AvgIpc) is 3.67. The Bertz CT molecular complexity index is 3210. The summed E-state index contributed by atoms with van der Waals surface area (Å²) in [6.45, 7) is 0. The minimum atomic E-state index is 0.884. The summed E-state index contributed by atoms with van der Waals surface area (Å²) < 4.78 is 6.64. The molecular formula is C54H35NO. The highest BCUT2D eigenvalue weighted by Gasteiger charge is 2.22. The summed E-state index contributed by atoms with van der Waals surface area (Å²) in [6, 6.07) is 76.4. The van der Waals surface area contributed by atoms with E-state index in [4.69, 9.17) is 4.42 Å². The number of hydrogen-bond acceptors (Lipinski definition) is 2. The SMILES string of the molecule is c1ccc(-c2ccc(N(c3ccc(-c4ccc(-c5cc6ccccc6c6ccccc56)cc4)cc3)c3cc4ccccc4c4oc5ccccc5c34)cc2)cc1. The fourth-order valence-corrected chi connectivity index (χ4v) is 8.51. The Morgan fingerprint density at radius 3 is 1.45 bits per heavy atom. The van der Waals surface area contributed by atoms with Crippen LogP contribution < -0.4 is 4.90 Å². The number of nitrogens with zero attached hydrogens (tertiary/aromatic N) is 1. The highest BCUT2D eigenvalue weighted by atomic mass is 16.3. The highest BCUT2D eigenvalue weighted by molar-refractivity contribution is 6.22. The smallest absolute Gasteiger partial charge is 0.145 e. The monoisotopic (exact) mass is 713 g/mol. The fourth-order valence-electron chi connectivity index (χ4n) is 8.51. The lowest BCUT2D eigenvalue weighted by Gasteiger charge is -2.27. The van der Waals surface area contributed by atoms with Crippen molar-refractivity contribution in [1.29, 1.82) is 0 Å². The Morgan fingerprint density at radius 2 is 0.786 bits per heavy atom. The van der Waals surface area contributed by atoms with E-state index in [0.29, 0.717) is 0 Å². The van der Waals surface area contributed by atoms with Crippen molar-refractivity contribution in [2.45, 2.75) is 0 Å². The lowest BCUT2D eigenvalue weighted by atomic mass is 9.92. The van der Waals surface area contributed by atoms with Crippen LogP contribution in [0.2, 0.25) is 0 Å². The van der Waals surface area contributed by atoms with Crippen LogP contribution in [-0.4, -0.2) is 0 Å². The molecule has 0 aliphatic rings. The normalized spacial score (nSPS) is 11.6. The summed E-state index contributed by atoms with van der Waals surface area (Å²) in [5, 5.41) is 9.55. The van der Waals surface area contributed by atoms with Gasteiger partial charge in [-0.2, -0.15) is 0 Å². The first-order chi connectivity index (χ1) is 27.8. The number of rotatable bonds is 6. The zero-order valence-corrected chi connectivity index (χ0v) is 30.6. The molecule has 56 heavy (non-hydrogen) atoms. The van der Waals surface area contributed by atoms with Crippen molar-refractivity contribution in [3.8, 4) is 33.4 Å². The Morgan fingerprint density at radius 1 is 0.321 bits per heavy atom. The van der Waals surface area contributed by atoms with Crippen LogP contribution in [0.1, 0.15) is 0 Å². The molecule has 0 bridgehead atoms. The van der Waals surface area contributed by atoms with Crippen molar-refractivity contribution in [3.63, 3.8) is 0 Å². The van der Waals surface area contributed by atoms with Crippen LogP contribution in [0, 0.1) is 0 Å². The Hall–Kier alpha value is -7.42. The number of para-hydroxylation sites is 1. The zero-order valence-electron chi connectivity index (χ0n) is 30.6. The quantitative estimate of drug-likeness (QED) is 0.160. The van der Waals surface area contributed by atoms with Gasteiger partial charge in [-0.25, -0.2) is 0 Å². The zero-order chi connectivity index (χ0) is 37.0. The van der Waals surface area contributed by atoms with Gasteiger partial charge in [0.1, 0.15) is 11.2 Å². The van der Waals surface area contributed by atoms with Crippen LogP contribution >= 0.6 is 0 Å². The van der Waals surface area contributed by atoms with E-state index >= 15 is 0 Å². The first-order valence-corrected chi connectivity index (χ1v) is 19.2. The molecule has 0 unspecified atom stereocenters. The number of anilines is 3. The summed E-state index contributed by atoms with van der Waals surface area (Å²) in [5.41, 5.74) is 12.2. The lowest BCUT2D eigenvalue weighted by molar-refractivity contribution is 0.672. The highest BCUT2D eigenvalue weighted by Crippen LogP contribution is 2.46. The summed E-state index contributed by atoms with van der Waals surface area (Å²) >= 11 is 0. The predicted molar refractivity (Wildman–Crippen MR) is 237 cm³/mol. The van der Waals surface area contributed by atoms with Gasteiger partial charge in [0.25, 0.3) is 0 Å². The van der Waals surface area contributed by atoms with Crippen molar-refractivity contribution in [2.75, 3.05) is 4.90 Å². The number of hydrogen-bond donors (Lipinski definition) is 0. The second-order valence-corrected chi connectivity index (χ2v) is 14.5. The van der Waals surface area contributed by atoms with E-state index in [1.54, 1.807) is 0 Å². The van der Waals surface area contributed by atoms with Gasteiger partial charge in [0.05, 0.1) is 11.1 Å². The van der Waals surface area contributed by atoms with E-state index in [9.17, 15) is 0 Å². The summed E-state index contributed by atoms with van der Waals surface area (Å²) in [6.07, 6.45) is 0. The van der Waals surface area contributed by atoms with E-state index in [1.807, 2.05) is 6.07 Å².